The number of carbonyl (C=O) groups is 2. The topological polar surface area (TPSA) is 84.5 Å². The lowest BCUT2D eigenvalue weighted by atomic mass is 10.1. The van der Waals surface area contributed by atoms with E-state index in [0.717, 1.165) is 25.3 Å². The summed E-state index contributed by atoms with van der Waals surface area (Å²) in [6, 6.07) is 9.70. The Labute approximate surface area is 159 Å². The minimum atomic E-state index is -0.564. The molecule has 7 nitrogen and oxygen atoms in total. The van der Waals surface area contributed by atoms with Gasteiger partial charge in [-0.2, -0.15) is 0 Å². The molecule has 0 bridgehead atoms. The van der Waals surface area contributed by atoms with Crippen LogP contribution in [0.4, 0.5) is 0 Å². The van der Waals surface area contributed by atoms with Crippen LogP contribution in [-0.2, 0) is 22.6 Å². The van der Waals surface area contributed by atoms with Crippen LogP contribution in [0, 0.1) is 6.92 Å². The molecule has 2 aromatic rings. The molecule has 144 valence electrons. The molecule has 7 heteroatoms. The number of benzene rings is 1. The van der Waals surface area contributed by atoms with Crippen LogP contribution in [0.25, 0.3) is 0 Å². The largest absolute Gasteiger partial charge is 0.368 e. The lowest BCUT2D eigenvalue weighted by molar-refractivity contribution is -0.142. The highest BCUT2D eigenvalue weighted by Gasteiger charge is 2.33. The first-order chi connectivity index (χ1) is 13.0. The zero-order valence-corrected chi connectivity index (χ0v) is 15.8. The number of carbonyl (C=O) groups excluding carboxylic acids is 2. The van der Waals surface area contributed by atoms with E-state index in [1.54, 1.807) is 11.1 Å². The normalized spacial score (nSPS) is 17.8. The third-order valence-electron chi connectivity index (χ3n) is 5.16. The van der Waals surface area contributed by atoms with Crippen LogP contribution < -0.4 is 5.73 Å². The first-order valence-electron chi connectivity index (χ1n) is 9.37. The fourth-order valence-corrected chi connectivity index (χ4v) is 3.52. The van der Waals surface area contributed by atoms with Gasteiger partial charge in [-0.3, -0.25) is 14.5 Å². The van der Waals surface area contributed by atoms with Crippen LogP contribution in [-0.4, -0.2) is 63.4 Å². The predicted octanol–water partition coefficient (Wildman–Crippen LogP) is 0.822. The Morgan fingerprint density at radius 3 is 2.63 bits per heavy atom. The Hall–Kier alpha value is -2.67. The molecule has 0 saturated carbocycles. The van der Waals surface area contributed by atoms with Gasteiger partial charge in [0, 0.05) is 51.5 Å². The SMILES string of the molecule is Cc1nccn1CCC(=O)N1CCN(CCc2ccccc2)CC1C(N)=O. The second-order valence-corrected chi connectivity index (χ2v) is 6.96. The van der Waals surface area contributed by atoms with E-state index in [1.165, 1.54) is 5.56 Å². The average Bonchev–Trinajstić information content (AvgIpc) is 3.10. The van der Waals surface area contributed by atoms with Gasteiger partial charge in [-0.1, -0.05) is 30.3 Å². The van der Waals surface area contributed by atoms with Crippen molar-refractivity contribution < 1.29 is 9.59 Å². The molecule has 27 heavy (non-hydrogen) atoms. The summed E-state index contributed by atoms with van der Waals surface area (Å²) in [6.07, 6.45) is 4.83. The van der Waals surface area contributed by atoms with Crippen molar-refractivity contribution in [2.24, 2.45) is 5.73 Å². The minimum Gasteiger partial charge on any atom is -0.368 e. The maximum absolute atomic E-state index is 12.7. The van der Waals surface area contributed by atoms with Crippen LogP contribution in [0.15, 0.2) is 42.7 Å². The number of nitrogens with zero attached hydrogens (tertiary/aromatic N) is 4. The zero-order valence-electron chi connectivity index (χ0n) is 15.8. The predicted molar refractivity (Wildman–Crippen MR) is 103 cm³/mol. The molecule has 0 spiro atoms. The molecule has 1 aliphatic rings. The highest BCUT2D eigenvalue weighted by molar-refractivity contribution is 5.87. The van der Waals surface area contributed by atoms with Crippen molar-refractivity contribution in [1.82, 2.24) is 19.4 Å². The molecule has 3 rings (SSSR count). The first kappa shape index (κ1) is 19.1. The molecule has 0 radical (unpaired) electrons. The standard InChI is InChI=1S/C20H27N5O2/c1-16-22-9-12-24(16)11-8-19(26)25-14-13-23(15-18(25)20(21)27)10-7-17-5-3-2-4-6-17/h2-6,9,12,18H,7-8,10-11,13-15H2,1H3,(H2,21,27). The molecule has 1 aromatic carbocycles. The first-order valence-corrected chi connectivity index (χ1v) is 9.37. The number of aromatic nitrogens is 2. The number of rotatable bonds is 7. The summed E-state index contributed by atoms with van der Waals surface area (Å²) in [5.74, 6) is 0.404. The molecule has 1 unspecified atom stereocenters. The molecule has 2 amide bonds. The smallest absolute Gasteiger partial charge is 0.241 e. The van der Waals surface area contributed by atoms with Crippen LogP contribution in [0.3, 0.4) is 0 Å². The van der Waals surface area contributed by atoms with Crippen molar-refractivity contribution in [1.29, 1.82) is 0 Å². The molecular weight excluding hydrogens is 342 g/mol. The molecule has 1 aliphatic heterocycles. The van der Waals surface area contributed by atoms with Crippen molar-refractivity contribution >= 4 is 11.8 Å². The fourth-order valence-electron chi connectivity index (χ4n) is 3.52. The highest BCUT2D eigenvalue weighted by atomic mass is 16.2. The third-order valence-corrected chi connectivity index (χ3v) is 5.16. The Bertz CT molecular complexity index is 774. The molecule has 1 saturated heterocycles. The van der Waals surface area contributed by atoms with E-state index in [-0.39, 0.29) is 5.91 Å². The van der Waals surface area contributed by atoms with Gasteiger partial charge in [0.25, 0.3) is 0 Å². The quantitative estimate of drug-likeness (QED) is 0.783. The lowest BCUT2D eigenvalue weighted by Gasteiger charge is -2.40. The van der Waals surface area contributed by atoms with Gasteiger partial charge in [0.1, 0.15) is 11.9 Å². The number of hydrogen-bond donors (Lipinski definition) is 1. The number of piperazine rings is 1. The fraction of sp³-hybridized carbons (Fsp3) is 0.450. The summed E-state index contributed by atoms with van der Waals surface area (Å²) in [5.41, 5.74) is 6.87. The second kappa shape index (κ2) is 8.81. The highest BCUT2D eigenvalue weighted by Crippen LogP contribution is 2.13. The number of amides is 2. The van der Waals surface area contributed by atoms with Crippen molar-refractivity contribution in [3.63, 3.8) is 0 Å². The summed E-state index contributed by atoms with van der Waals surface area (Å²) in [4.78, 5) is 32.7. The van der Waals surface area contributed by atoms with Crippen molar-refractivity contribution in [2.75, 3.05) is 26.2 Å². The van der Waals surface area contributed by atoms with Crippen LogP contribution in [0.2, 0.25) is 0 Å². The molecule has 2 heterocycles. The molecule has 0 aliphatic carbocycles. The van der Waals surface area contributed by atoms with Crippen molar-refractivity contribution in [3.05, 3.63) is 54.1 Å². The van der Waals surface area contributed by atoms with Crippen molar-refractivity contribution in [2.45, 2.75) is 32.4 Å². The average molecular weight is 369 g/mol. The van der Waals surface area contributed by atoms with E-state index < -0.39 is 11.9 Å². The maximum Gasteiger partial charge on any atom is 0.241 e. The Morgan fingerprint density at radius 1 is 1.19 bits per heavy atom. The number of imidazole rings is 1. The minimum absolute atomic E-state index is 0.0328. The molecule has 2 N–H and O–H groups in total. The van der Waals surface area contributed by atoms with Gasteiger partial charge in [-0.05, 0) is 18.9 Å². The summed E-state index contributed by atoms with van der Waals surface area (Å²) < 4.78 is 1.94. The van der Waals surface area contributed by atoms with Gasteiger partial charge < -0.3 is 15.2 Å². The number of hydrogen-bond acceptors (Lipinski definition) is 4. The Balaban J connectivity index is 1.54. The van der Waals surface area contributed by atoms with Gasteiger partial charge >= 0.3 is 0 Å². The van der Waals surface area contributed by atoms with E-state index in [2.05, 4.69) is 22.0 Å². The van der Waals surface area contributed by atoms with E-state index in [9.17, 15) is 9.59 Å². The third kappa shape index (κ3) is 4.95. The van der Waals surface area contributed by atoms with Gasteiger partial charge in [0.05, 0.1) is 0 Å². The molecule has 1 atom stereocenters. The van der Waals surface area contributed by atoms with E-state index in [0.29, 0.717) is 26.1 Å². The summed E-state index contributed by atoms with van der Waals surface area (Å²) in [6.45, 7) is 5.10. The zero-order chi connectivity index (χ0) is 19.2. The Morgan fingerprint density at radius 2 is 1.96 bits per heavy atom. The monoisotopic (exact) mass is 369 g/mol. The Kier molecular flexibility index (Phi) is 6.24. The summed E-state index contributed by atoms with van der Waals surface area (Å²) >= 11 is 0. The second-order valence-electron chi connectivity index (χ2n) is 6.96. The van der Waals surface area contributed by atoms with Gasteiger partial charge in [0.15, 0.2) is 0 Å². The van der Waals surface area contributed by atoms with E-state index in [4.69, 9.17) is 5.73 Å². The van der Waals surface area contributed by atoms with Crippen LogP contribution >= 0.6 is 0 Å². The molecule has 1 aromatic heterocycles. The van der Waals surface area contributed by atoms with Crippen LogP contribution in [0.1, 0.15) is 17.8 Å². The summed E-state index contributed by atoms with van der Waals surface area (Å²) in [5, 5.41) is 0. The maximum atomic E-state index is 12.7. The van der Waals surface area contributed by atoms with Gasteiger partial charge in [-0.25, -0.2) is 4.98 Å². The van der Waals surface area contributed by atoms with Crippen molar-refractivity contribution in [3.8, 4) is 0 Å². The van der Waals surface area contributed by atoms with Gasteiger partial charge in [0.2, 0.25) is 11.8 Å². The van der Waals surface area contributed by atoms with E-state index >= 15 is 0 Å². The molecular formula is C20H27N5O2. The van der Waals surface area contributed by atoms with Crippen LogP contribution in [0.5, 0.6) is 0 Å². The number of primary amides is 1. The summed E-state index contributed by atoms with van der Waals surface area (Å²) in [7, 11) is 0. The molecule has 1 fully saturated rings. The van der Waals surface area contributed by atoms with Gasteiger partial charge in [-0.15, -0.1) is 0 Å². The number of nitrogens with two attached hydrogens (primary N) is 1. The lowest BCUT2D eigenvalue weighted by Crippen LogP contribution is -2.60. The van der Waals surface area contributed by atoms with E-state index in [1.807, 2.05) is 35.9 Å². The number of aryl methyl sites for hydroxylation is 2.